The van der Waals surface area contributed by atoms with Crippen LogP contribution < -0.4 is 5.73 Å². The second-order valence-electron chi connectivity index (χ2n) is 4.02. The van der Waals surface area contributed by atoms with Gasteiger partial charge in [0.2, 0.25) is 0 Å². The van der Waals surface area contributed by atoms with Gasteiger partial charge in [0.05, 0.1) is 26.3 Å². The van der Waals surface area contributed by atoms with Crippen LogP contribution >= 0.6 is 0 Å². The van der Waals surface area contributed by atoms with E-state index in [1.165, 1.54) is 12.1 Å². The molecule has 2 aromatic carbocycles. The number of fused-ring (bicyclic) bond motifs is 1. The summed E-state index contributed by atoms with van der Waals surface area (Å²) in [5.41, 5.74) is 7.97. The van der Waals surface area contributed by atoms with E-state index >= 15 is 0 Å². The summed E-state index contributed by atoms with van der Waals surface area (Å²) in [4.78, 5) is 1.02. The summed E-state index contributed by atoms with van der Waals surface area (Å²) in [6, 6.07) is 13.5. The summed E-state index contributed by atoms with van der Waals surface area (Å²) in [5, 5.41) is 0. The fourth-order valence-corrected chi connectivity index (χ4v) is 3.53. The highest BCUT2D eigenvalue weighted by Gasteiger charge is 2.28. The maximum atomic E-state index is 13.2. The molecular weight excluding hydrogens is 249 g/mol. The minimum absolute atomic E-state index is 0.399. The average molecular weight is 259 g/mol. The Morgan fingerprint density at radius 2 is 1.78 bits per heavy atom. The molecule has 18 heavy (non-hydrogen) atoms. The first kappa shape index (κ1) is 11.2. The van der Waals surface area contributed by atoms with Crippen LogP contribution in [-0.2, 0) is 10.8 Å². The molecule has 2 nitrogen and oxygen atoms in total. The quantitative estimate of drug-likeness (QED) is 0.855. The van der Waals surface area contributed by atoms with Crippen LogP contribution in [0.2, 0.25) is 0 Å². The largest absolute Gasteiger partial charge is 0.397 e. The molecule has 0 amide bonds. The molecule has 1 atom stereocenters. The Hall–Kier alpha value is -1.94. The van der Waals surface area contributed by atoms with Gasteiger partial charge in [0.15, 0.2) is 0 Å². The van der Waals surface area contributed by atoms with E-state index in [2.05, 4.69) is 0 Å². The Bertz CT molecular complexity index is 679. The molecule has 0 saturated heterocycles. The van der Waals surface area contributed by atoms with Crippen LogP contribution in [0, 0.1) is 5.82 Å². The third-order valence-electron chi connectivity index (χ3n) is 2.90. The van der Waals surface area contributed by atoms with E-state index in [1.54, 1.807) is 6.07 Å². The number of hydrogen-bond donors (Lipinski definition) is 1. The van der Waals surface area contributed by atoms with Crippen molar-refractivity contribution >= 4 is 21.4 Å². The number of hydrogen-bond acceptors (Lipinski definition) is 2. The van der Waals surface area contributed by atoms with Gasteiger partial charge in [0.1, 0.15) is 5.82 Å². The lowest BCUT2D eigenvalue weighted by Gasteiger charge is -2.02. The fraction of sp³-hybridized carbons (Fsp3) is 0. The summed E-state index contributed by atoms with van der Waals surface area (Å²) in [7, 11) is -1.41. The highest BCUT2D eigenvalue weighted by molar-refractivity contribution is 7.95. The molecule has 90 valence electrons. The van der Waals surface area contributed by atoms with E-state index in [-0.39, 0.29) is 0 Å². The van der Waals surface area contributed by atoms with E-state index in [0.717, 1.165) is 5.56 Å². The van der Waals surface area contributed by atoms with Crippen LogP contribution in [0.4, 0.5) is 4.39 Å². The predicted molar refractivity (Wildman–Crippen MR) is 70.3 cm³/mol. The van der Waals surface area contributed by atoms with Crippen molar-refractivity contribution in [2.75, 3.05) is 0 Å². The van der Waals surface area contributed by atoms with E-state index in [1.807, 2.05) is 30.3 Å². The van der Waals surface area contributed by atoms with Gasteiger partial charge in [-0.25, -0.2) is 8.60 Å². The zero-order valence-corrected chi connectivity index (χ0v) is 10.2. The van der Waals surface area contributed by atoms with Crippen molar-refractivity contribution < 1.29 is 8.60 Å². The Balaban J connectivity index is 2.21. The maximum absolute atomic E-state index is 13.2. The lowest BCUT2D eigenvalue weighted by molar-refractivity contribution is 0.622. The van der Waals surface area contributed by atoms with Gasteiger partial charge in [-0.05, 0) is 23.8 Å². The standard InChI is InChI=1S/C14H10FNOS/c15-10-6-7-11-12(8-10)18(17)14(13(11)16)9-4-2-1-3-5-9/h1-8H,16H2. The van der Waals surface area contributed by atoms with Crippen molar-refractivity contribution in [1.29, 1.82) is 0 Å². The molecule has 0 bridgehead atoms. The molecular formula is C14H10FNOS. The summed E-state index contributed by atoms with van der Waals surface area (Å²) >= 11 is 0. The Kier molecular flexibility index (Phi) is 2.52. The van der Waals surface area contributed by atoms with Crippen molar-refractivity contribution in [1.82, 2.24) is 0 Å². The van der Waals surface area contributed by atoms with Crippen molar-refractivity contribution in [2.45, 2.75) is 4.90 Å². The average Bonchev–Trinajstić information content (AvgIpc) is 2.63. The molecule has 1 heterocycles. The van der Waals surface area contributed by atoms with Gasteiger partial charge in [-0.1, -0.05) is 30.3 Å². The minimum atomic E-state index is -1.41. The van der Waals surface area contributed by atoms with E-state index in [9.17, 15) is 8.60 Å². The molecule has 1 aliphatic rings. The SMILES string of the molecule is NC1=C(c2ccccc2)S(=O)c2cc(F)ccc21. The second kappa shape index (κ2) is 4.07. The summed E-state index contributed by atoms with van der Waals surface area (Å²) < 4.78 is 25.6. The molecule has 2 N–H and O–H groups in total. The van der Waals surface area contributed by atoms with Crippen LogP contribution in [-0.4, -0.2) is 4.21 Å². The van der Waals surface area contributed by atoms with Crippen LogP contribution in [0.5, 0.6) is 0 Å². The van der Waals surface area contributed by atoms with Crippen molar-refractivity contribution in [3.05, 3.63) is 65.5 Å². The Morgan fingerprint density at radius 3 is 2.50 bits per heavy atom. The van der Waals surface area contributed by atoms with Gasteiger partial charge in [0, 0.05) is 5.56 Å². The van der Waals surface area contributed by atoms with Gasteiger partial charge in [-0.15, -0.1) is 0 Å². The zero-order valence-electron chi connectivity index (χ0n) is 9.39. The number of halogens is 1. The zero-order chi connectivity index (χ0) is 12.7. The number of nitrogens with two attached hydrogens (primary N) is 1. The first-order valence-electron chi connectivity index (χ1n) is 5.45. The molecule has 0 aliphatic carbocycles. The fourth-order valence-electron chi connectivity index (χ4n) is 2.06. The maximum Gasteiger partial charge on any atom is 0.124 e. The van der Waals surface area contributed by atoms with Crippen molar-refractivity contribution in [3.8, 4) is 0 Å². The van der Waals surface area contributed by atoms with Gasteiger partial charge < -0.3 is 5.73 Å². The van der Waals surface area contributed by atoms with Crippen LogP contribution in [0.15, 0.2) is 53.4 Å². The van der Waals surface area contributed by atoms with Crippen LogP contribution in [0.25, 0.3) is 10.6 Å². The first-order valence-corrected chi connectivity index (χ1v) is 6.60. The summed E-state index contributed by atoms with van der Waals surface area (Å²) in [5.74, 6) is -0.399. The van der Waals surface area contributed by atoms with E-state index < -0.39 is 16.6 Å². The van der Waals surface area contributed by atoms with E-state index in [0.29, 0.717) is 21.1 Å². The molecule has 0 spiro atoms. The van der Waals surface area contributed by atoms with Gasteiger partial charge >= 0.3 is 0 Å². The van der Waals surface area contributed by atoms with Crippen LogP contribution in [0.1, 0.15) is 11.1 Å². The van der Waals surface area contributed by atoms with E-state index in [4.69, 9.17) is 5.73 Å². The molecule has 4 heteroatoms. The Labute approximate surface area is 106 Å². The number of benzene rings is 2. The lowest BCUT2D eigenvalue weighted by atomic mass is 10.1. The monoisotopic (exact) mass is 259 g/mol. The molecule has 0 fully saturated rings. The van der Waals surface area contributed by atoms with Gasteiger partial charge in [-0.2, -0.15) is 0 Å². The molecule has 3 rings (SSSR count). The van der Waals surface area contributed by atoms with Gasteiger partial charge in [0.25, 0.3) is 0 Å². The van der Waals surface area contributed by atoms with Gasteiger partial charge in [-0.3, -0.25) is 0 Å². The molecule has 1 aliphatic heterocycles. The molecule has 0 aromatic heterocycles. The van der Waals surface area contributed by atoms with Crippen LogP contribution in [0.3, 0.4) is 0 Å². The predicted octanol–water partition coefficient (Wildman–Crippen LogP) is 2.73. The third kappa shape index (κ3) is 1.57. The lowest BCUT2D eigenvalue weighted by Crippen LogP contribution is -1.96. The minimum Gasteiger partial charge on any atom is -0.397 e. The summed E-state index contributed by atoms with van der Waals surface area (Å²) in [6.45, 7) is 0. The smallest absolute Gasteiger partial charge is 0.124 e. The third-order valence-corrected chi connectivity index (χ3v) is 4.46. The molecule has 0 radical (unpaired) electrons. The molecule has 1 unspecified atom stereocenters. The second-order valence-corrected chi connectivity index (χ2v) is 5.40. The molecule has 0 saturated carbocycles. The van der Waals surface area contributed by atoms with Crippen molar-refractivity contribution in [3.63, 3.8) is 0 Å². The van der Waals surface area contributed by atoms with Crippen molar-refractivity contribution in [2.24, 2.45) is 5.73 Å². The molecule has 2 aromatic rings. The summed E-state index contributed by atoms with van der Waals surface area (Å²) in [6.07, 6.45) is 0. The topological polar surface area (TPSA) is 43.1 Å². The highest BCUT2D eigenvalue weighted by atomic mass is 32.2. The first-order chi connectivity index (χ1) is 8.68. The highest BCUT2D eigenvalue weighted by Crippen LogP contribution is 2.39. The normalized spacial score (nSPS) is 17.9. The Morgan fingerprint density at radius 1 is 1.06 bits per heavy atom. The number of rotatable bonds is 1.